The van der Waals surface area contributed by atoms with Gasteiger partial charge in [-0.1, -0.05) is 18.5 Å². The smallest absolute Gasteiger partial charge is 0.227 e. The number of rotatable bonds is 4. The van der Waals surface area contributed by atoms with Crippen LogP contribution in [-0.2, 0) is 11.2 Å². The van der Waals surface area contributed by atoms with Crippen molar-refractivity contribution in [3.05, 3.63) is 22.7 Å². The first-order valence-corrected chi connectivity index (χ1v) is 8.91. The molecule has 24 heavy (non-hydrogen) atoms. The van der Waals surface area contributed by atoms with E-state index >= 15 is 0 Å². The van der Waals surface area contributed by atoms with Gasteiger partial charge in [0.1, 0.15) is 13.2 Å². The molecule has 1 saturated heterocycles. The average molecular weight is 354 g/mol. The van der Waals surface area contributed by atoms with E-state index in [1.54, 1.807) is 12.1 Å². The number of aliphatic hydroxyl groups excluding tert-OH is 1. The summed E-state index contributed by atoms with van der Waals surface area (Å²) in [4.78, 5) is 14.6. The third kappa shape index (κ3) is 3.47. The molecule has 0 aliphatic carbocycles. The predicted octanol–water partition coefficient (Wildman–Crippen LogP) is 2.66. The van der Waals surface area contributed by atoms with Crippen LogP contribution < -0.4 is 9.47 Å². The van der Waals surface area contributed by atoms with E-state index in [0.29, 0.717) is 36.3 Å². The molecule has 0 unspecified atom stereocenters. The highest BCUT2D eigenvalue weighted by molar-refractivity contribution is 6.31. The van der Waals surface area contributed by atoms with Crippen molar-refractivity contribution in [1.29, 1.82) is 0 Å². The molecule has 1 fully saturated rings. The lowest BCUT2D eigenvalue weighted by molar-refractivity contribution is -0.134. The summed E-state index contributed by atoms with van der Waals surface area (Å²) >= 11 is 6.31. The molecule has 2 heterocycles. The number of amides is 1. The molecule has 6 heteroatoms. The van der Waals surface area contributed by atoms with E-state index < -0.39 is 0 Å². The molecule has 1 aromatic carbocycles. The molecule has 5 nitrogen and oxygen atoms in total. The fourth-order valence-electron chi connectivity index (χ4n) is 3.47. The molecule has 0 spiro atoms. The number of piperidine rings is 1. The Morgan fingerprint density at radius 2 is 2.04 bits per heavy atom. The highest BCUT2D eigenvalue weighted by Gasteiger charge is 2.35. The zero-order valence-corrected chi connectivity index (χ0v) is 14.8. The molecule has 0 radical (unpaired) electrons. The van der Waals surface area contributed by atoms with E-state index in [1.165, 1.54) is 0 Å². The van der Waals surface area contributed by atoms with Crippen molar-refractivity contribution in [2.24, 2.45) is 5.41 Å². The molecule has 132 valence electrons. The minimum absolute atomic E-state index is 0.0413. The Kier molecular flexibility index (Phi) is 5.21. The van der Waals surface area contributed by atoms with Crippen molar-refractivity contribution >= 4 is 17.5 Å². The highest BCUT2D eigenvalue weighted by Crippen LogP contribution is 2.36. The molecule has 3 rings (SSSR count). The Labute approximate surface area is 147 Å². The van der Waals surface area contributed by atoms with E-state index in [-0.39, 0.29) is 24.3 Å². The van der Waals surface area contributed by atoms with Crippen molar-refractivity contribution in [3.8, 4) is 11.5 Å². The molecule has 1 amide bonds. The summed E-state index contributed by atoms with van der Waals surface area (Å²) in [6, 6.07) is 3.52. The Bertz CT molecular complexity index is 615. The first-order valence-electron chi connectivity index (χ1n) is 8.53. The third-order valence-electron chi connectivity index (χ3n) is 5.15. The number of nitrogens with zero attached hydrogens (tertiary/aromatic N) is 1. The number of fused-ring (bicyclic) bond motifs is 1. The van der Waals surface area contributed by atoms with E-state index in [9.17, 15) is 9.90 Å². The summed E-state index contributed by atoms with van der Waals surface area (Å²) < 4.78 is 11.1. The van der Waals surface area contributed by atoms with Crippen LogP contribution in [-0.4, -0.2) is 48.8 Å². The second-order valence-electron chi connectivity index (χ2n) is 6.69. The molecular weight excluding hydrogens is 330 g/mol. The topological polar surface area (TPSA) is 59.0 Å². The van der Waals surface area contributed by atoms with E-state index in [4.69, 9.17) is 21.1 Å². The van der Waals surface area contributed by atoms with Crippen molar-refractivity contribution in [2.75, 3.05) is 32.9 Å². The molecule has 0 bridgehead atoms. The highest BCUT2D eigenvalue weighted by atomic mass is 35.5. The van der Waals surface area contributed by atoms with E-state index in [2.05, 4.69) is 6.92 Å². The summed E-state index contributed by atoms with van der Waals surface area (Å²) in [5.41, 5.74) is 0.590. The van der Waals surface area contributed by atoms with Gasteiger partial charge in [0.25, 0.3) is 0 Å². The number of benzene rings is 1. The van der Waals surface area contributed by atoms with Crippen molar-refractivity contribution < 1.29 is 19.4 Å². The maximum absolute atomic E-state index is 12.7. The summed E-state index contributed by atoms with van der Waals surface area (Å²) in [6.07, 6.45) is 3.00. The minimum atomic E-state index is -0.162. The quantitative estimate of drug-likeness (QED) is 0.904. The lowest BCUT2D eigenvalue weighted by atomic mass is 9.78. The SMILES string of the molecule is CC[C@@]1(CO)CCCN(C(=O)Cc2cc3c(cc2Cl)OCCO3)C1. The largest absolute Gasteiger partial charge is 0.486 e. The van der Waals surface area contributed by atoms with Crippen LogP contribution in [0.1, 0.15) is 31.7 Å². The van der Waals surface area contributed by atoms with E-state index in [1.807, 2.05) is 4.90 Å². The van der Waals surface area contributed by atoms with Gasteiger partial charge in [-0.3, -0.25) is 4.79 Å². The number of hydrogen-bond acceptors (Lipinski definition) is 4. The van der Waals surface area contributed by atoms with Crippen LogP contribution in [0.15, 0.2) is 12.1 Å². The van der Waals surface area contributed by atoms with Gasteiger partial charge in [0.2, 0.25) is 5.91 Å². The number of carbonyl (C=O) groups is 1. The maximum atomic E-state index is 12.7. The van der Waals surface area contributed by atoms with Crippen LogP contribution >= 0.6 is 11.6 Å². The van der Waals surface area contributed by atoms with Gasteiger partial charge in [0, 0.05) is 29.6 Å². The van der Waals surface area contributed by atoms with Crippen LogP contribution in [0.2, 0.25) is 5.02 Å². The third-order valence-corrected chi connectivity index (χ3v) is 5.50. The van der Waals surface area contributed by atoms with Crippen LogP contribution in [0.4, 0.5) is 0 Å². The summed E-state index contributed by atoms with van der Waals surface area (Å²) in [6.45, 7) is 4.56. The molecule has 1 N–H and O–H groups in total. The minimum Gasteiger partial charge on any atom is -0.486 e. The number of ether oxygens (including phenoxy) is 2. The Morgan fingerprint density at radius 3 is 2.71 bits per heavy atom. The van der Waals surface area contributed by atoms with Gasteiger partial charge in [-0.25, -0.2) is 0 Å². The monoisotopic (exact) mass is 353 g/mol. The van der Waals surface area contributed by atoms with Gasteiger partial charge in [0.15, 0.2) is 11.5 Å². The van der Waals surface area contributed by atoms with Crippen molar-refractivity contribution in [1.82, 2.24) is 4.90 Å². The Balaban J connectivity index is 1.73. The van der Waals surface area contributed by atoms with Crippen molar-refractivity contribution in [2.45, 2.75) is 32.6 Å². The lowest BCUT2D eigenvalue weighted by Crippen LogP contribution is -2.48. The Hall–Kier alpha value is -1.46. The fourth-order valence-corrected chi connectivity index (χ4v) is 3.69. The zero-order chi connectivity index (χ0) is 17.2. The van der Waals surface area contributed by atoms with Crippen LogP contribution in [0.5, 0.6) is 11.5 Å². The lowest BCUT2D eigenvalue weighted by Gasteiger charge is -2.41. The first-order chi connectivity index (χ1) is 11.6. The van der Waals surface area contributed by atoms with Crippen LogP contribution in [0.25, 0.3) is 0 Å². The summed E-state index contributed by atoms with van der Waals surface area (Å²) in [5, 5.41) is 10.2. The molecule has 0 aromatic heterocycles. The first kappa shape index (κ1) is 17.4. The van der Waals surface area contributed by atoms with Gasteiger partial charge in [-0.05, 0) is 30.9 Å². The number of likely N-dealkylation sites (tertiary alicyclic amines) is 1. The fraction of sp³-hybridized carbons (Fsp3) is 0.611. The summed E-state index contributed by atoms with van der Waals surface area (Å²) in [7, 11) is 0. The predicted molar refractivity (Wildman–Crippen MR) is 91.8 cm³/mol. The van der Waals surface area contributed by atoms with Gasteiger partial charge in [0.05, 0.1) is 13.0 Å². The number of hydrogen-bond donors (Lipinski definition) is 1. The van der Waals surface area contributed by atoms with Gasteiger partial charge >= 0.3 is 0 Å². The molecule has 2 aliphatic heterocycles. The zero-order valence-electron chi connectivity index (χ0n) is 14.0. The van der Waals surface area contributed by atoms with Gasteiger partial charge < -0.3 is 19.5 Å². The summed E-state index contributed by atoms with van der Waals surface area (Å²) in [5.74, 6) is 1.32. The van der Waals surface area contributed by atoms with Gasteiger partial charge in [-0.15, -0.1) is 0 Å². The van der Waals surface area contributed by atoms with Gasteiger partial charge in [-0.2, -0.15) is 0 Å². The standard InChI is InChI=1S/C18H24ClNO4/c1-2-18(12-21)4-3-5-20(11-18)17(22)9-13-8-15-16(10-14(13)19)24-7-6-23-15/h8,10,21H,2-7,9,11-12H2,1H3/t18-/m1/s1. The van der Waals surface area contributed by atoms with E-state index in [0.717, 1.165) is 31.4 Å². The second-order valence-corrected chi connectivity index (χ2v) is 7.10. The molecule has 2 aliphatic rings. The average Bonchev–Trinajstić information content (AvgIpc) is 2.62. The maximum Gasteiger partial charge on any atom is 0.227 e. The number of aliphatic hydroxyl groups is 1. The second kappa shape index (κ2) is 7.19. The van der Waals surface area contributed by atoms with Crippen LogP contribution in [0, 0.1) is 5.41 Å². The molecule has 1 aromatic rings. The molecule has 1 atom stereocenters. The molecule has 0 saturated carbocycles. The number of carbonyl (C=O) groups excluding carboxylic acids is 1. The molecular formula is C18H24ClNO4. The van der Waals surface area contributed by atoms with Crippen LogP contribution in [0.3, 0.4) is 0 Å². The van der Waals surface area contributed by atoms with Crippen molar-refractivity contribution in [3.63, 3.8) is 0 Å². The number of halogens is 1. The normalized spacial score (nSPS) is 23.2. The Morgan fingerprint density at radius 1 is 1.33 bits per heavy atom.